The second kappa shape index (κ2) is 7.87. The second-order valence-electron chi connectivity index (χ2n) is 8.24. The molecule has 2 rings (SSSR count). The van der Waals surface area contributed by atoms with Crippen LogP contribution in [-0.2, 0) is 14.0 Å². The molecule has 0 saturated carbocycles. The van der Waals surface area contributed by atoms with Crippen molar-refractivity contribution in [1.82, 2.24) is 9.88 Å². The summed E-state index contributed by atoms with van der Waals surface area (Å²) in [6.07, 6.45) is 5.79. The first-order valence-electron chi connectivity index (χ1n) is 8.35. The maximum absolute atomic E-state index is 12.7. The van der Waals surface area contributed by atoms with Gasteiger partial charge in [0.25, 0.3) is 0 Å². The minimum absolute atomic E-state index is 0.0323. The van der Waals surface area contributed by atoms with Gasteiger partial charge in [-0.05, 0) is 25.2 Å². The number of carbonyl (C=O) groups is 2. The van der Waals surface area contributed by atoms with Gasteiger partial charge in [0.2, 0.25) is 14.2 Å². The van der Waals surface area contributed by atoms with Gasteiger partial charge in [0, 0.05) is 10.6 Å². The van der Waals surface area contributed by atoms with Gasteiger partial charge in [0.1, 0.15) is 24.9 Å². The molecule has 25 heavy (non-hydrogen) atoms. The Kier molecular flexibility index (Phi) is 6.67. The molecule has 0 radical (unpaired) electrons. The monoisotopic (exact) mass is 510 g/mol. The first-order chi connectivity index (χ1) is 11.4. The van der Waals surface area contributed by atoms with Crippen molar-refractivity contribution in [3.05, 3.63) is 23.9 Å². The third kappa shape index (κ3) is 5.44. The summed E-state index contributed by atoms with van der Waals surface area (Å²) >= 11 is 3.79. The van der Waals surface area contributed by atoms with Crippen molar-refractivity contribution in [2.45, 2.75) is 55.9 Å². The Morgan fingerprint density at radius 2 is 2.00 bits per heavy atom. The van der Waals surface area contributed by atoms with E-state index >= 15 is 0 Å². The molecule has 0 aliphatic carbocycles. The van der Waals surface area contributed by atoms with Gasteiger partial charge in [-0.2, -0.15) is 0 Å². The summed E-state index contributed by atoms with van der Waals surface area (Å²) in [6, 6.07) is -0.204. The summed E-state index contributed by atoms with van der Waals surface area (Å²) < 4.78 is 6.60. The van der Waals surface area contributed by atoms with Crippen LogP contribution in [0.25, 0.3) is 0 Å². The van der Waals surface area contributed by atoms with E-state index in [-0.39, 0.29) is 28.5 Å². The van der Waals surface area contributed by atoms with Crippen LogP contribution in [-0.4, -0.2) is 54.4 Å². The third-order valence-corrected chi connectivity index (χ3v) is 7.57. The number of amides is 1. The van der Waals surface area contributed by atoms with Gasteiger partial charge in [-0.1, -0.05) is 54.4 Å². The molecule has 0 aromatic heterocycles. The molecule has 1 unspecified atom stereocenters. The number of halogens is 1. The summed E-state index contributed by atoms with van der Waals surface area (Å²) in [6.45, 7) is 12.6. The van der Waals surface area contributed by atoms with Gasteiger partial charge in [-0.3, -0.25) is 9.59 Å². The standard InChI is InChI=1S/C16H27IN2O3SSi2/c1-24(2,3)18-12-14(20)19-10-11(8-7-9-17)13(23-15(12)19)16(21)22-25(4,5)6/h7-8,10,12-13,15,18H,9H2,1-6H3/t12-,13?,15-/m1/s1. The molecule has 3 atom stereocenters. The number of rotatable bonds is 6. The first kappa shape index (κ1) is 21.2. The van der Waals surface area contributed by atoms with Gasteiger partial charge in [-0.25, -0.2) is 0 Å². The molecule has 0 aromatic rings. The fraction of sp³-hybridized carbons (Fsp3) is 0.625. The summed E-state index contributed by atoms with van der Waals surface area (Å²) in [7, 11) is -3.55. The predicted octanol–water partition coefficient (Wildman–Crippen LogP) is 3.32. The third-order valence-electron chi connectivity index (χ3n) is 3.56. The molecule has 1 amide bonds. The number of fused-ring (bicyclic) bond motifs is 1. The lowest BCUT2D eigenvalue weighted by Crippen LogP contribution is -2.72. The van der Waals surface area contributed by atoms with E-state index in [0.29, 0.717) is 0 Å². The van der Waals surface area contributed by atoms with E-state index in [1.165, 1.54) is 11.8 Å². The largest absolute Gasteiger partial charge is 0.519 e. The van der Waals surface area contributed by atoms with Crippen molar-refractivity contribution in [2.75, 3.05) is 4.43 Å². The van der Waals surface area contributed by atoms with E-state index in [0.717, 1.165) is 10.0 Å². The Labute approximate surface area is 170 Å². The number of nitrogens with one attached hydrogen (secondary N) is 1. The Morgan fingerprint density at radius 1 is 1.36 bits per heavy atom. The van der Waals surface area contributed by atoms with Gasteiger partial charge in [0.15, 0.2) is 0 Å². The van der Waals surface area contributed by atoms with Crippen LogP contribution in [0.3, 0.4) is 0 Å². The van der Waals surface area contributed by atoms with Crippen molar-refractivity contribution in [2.24, 2.45) is 0 Å². The molecule has 2 aliphatic heterocycles. The molecular formula is C16H27IN2O3SSi2. The van der Waals surface area contributed by atoms with Crippen molar-refractivity contribution >= 4 is 62.8 Å². The van der Waals surface area contributed by atoms with Crippen molar-refractivity contribution in [3.8, 4) is 0 Å². The molecule has 140 valence electrons. The van der Waals surface area contributed by atoms with Crippen LogP contribution >= 0.6 is 34.4 Å². The van der Waals surface area contributed by atoms with Crippen LogP contribution in [0, 0.1) is 0 Å². The van der Waals surface area contributed by atoms with Crippen LogP contribution in [0.1, 0.15) is 0 Å². The lowest BCUT2D eigenvalue weighted by Gasteiger charge is -2.50. The Bertz CT molecular complexity index is 613. The molecule has 1 fully saturated rings. The van der Waals surface area contributed by atoms with Crippen LogP contribution in [0.5, 0.6) is 0 Å². The summed E-state index contributed by atoms with van der Waals surface area (Å²) in [5, 5.41) is -0.402. The number of allylic oxidation sites excluding steroid dienone is 2. The lowest BCUT2D eigenvalue weighted by atomic mass is 10.1. The second-order valence-corrected chi connectivity index (χ2v) is 19.6. The van der Waals surface area contributed by atoms with Gasteiger partial charge < -0.3 is 14.3 Å². The zero-order valence-electron chi connectivity index (χ0n) is 15.6. The van der Waals surface area contributed by atoms with E-state index in [9.17, 15) is 9.59 Å². The lowest BCUT2D eigenvalue weighted by molar-refractivity contribution is -0.142. The summed E-state index contributed by atoms with van der Waals surface area (Å²) in [5.74, 6) is -0.0865. The quantitative estimate of drug-likeness (QED) is 0.257. The highest BCUT2D eigenvalue weighted by atomic mass is 127. The highest BCUT2D eigenvalue weighted by Gasteiger charge is 2.52. The molecular weight excluding hydrogens is 483 g/mol. The number of β-lactam (4-membered cyclic amide) rings is 1. The van der Waals surface area contributed by atoms with Gasteiger partial charge >= 0.3 is 5.97 Å². The van der Waals surface area contributed by atoms with Crippen molar-refractivity contribution < 1.29 is 14.0 Å². The zero-order chi connectivity index (χ0) is 19.0. The number of carbonyl (C=O) groups excluding carboxylic acids is 2. The number of alkyl halides is 1. The van der Waals surface area contributed by atoms with Gasteiger partial charge in [-0.15, -0.1) is 11.8 Å². The summed E-state index contributed by atoms with van der Waals surface area (Å²) in [5.41, 5.74) is 0.848. The Hall–Kier alpha value is -0.106. The SMILES string of the molecule is C[Si](C)(C)N[C@@H]1C(=O)N2C=C(C=CCI)C(C(=O)O[Si](C)(C)C)S[C@H]12. The molecule has 0 spiro atoms. The zero-order valence-corrected chi connectivity index (χ0v) is 20.6. The van der Waals surface area contributed by atoms with Crippen LogP contribution in [0.2, 0.25) is 39.3 Å². The van der Waals surface area contributed by atoms with Crippen molar-refractivity contribution in [3.63, 3.8) is 0 Å². The maximum Gasteiger partial charge on any atom is 0.310 e. The fourth-order valence-corrected chi connectivity index (χ4v) is 6.44. The predicted molar refractivity (Wildman–Crippen MR) is 118 cm³/mol. The normalized spacial score (nSPS) is 27.0. The topological polar surface area (TPSA) is 58.6 Å². The summed E-state index contributed by atoms with van der Waals surface area (Å²) in [4.78, 5) is 30.5. The highest BCUT2D eigenvalue weighted by molar-refractivity contribution is 14.1. The average Bonchev–Trinajstić information content (AvgIpc) is 2.47. The van der Waals surface area contributed by atoms with E-state index in [1.807, 2.05) is 38.0 Å². The fourth-order valence-electron chi connectivity index (χ4n) is 2.67. The van der Waals surface area contributed by atoms with E-state index < -0.39 is 16.6 Å². The maximum atomic E-state index is 12.7. The molecule has 0 bridgehead atoms. The van der Waals surface area contributed by atoms with E-state index in [1.54, 1.807) is 4.90 Å². The van der Waals surface area contributed by atoms with Crippen LogP contribution < -0.4 is 4.98 Å². The average molecular weight is 511 g/mol. The number of hydrogen-bond donors (Lipinski definition) is 1. The van der Waals surface area contributed by atoms with E-state index in [2.05, 4.69) is 47.2 Å². The van der Waals surface area contributed by atoms with Crippen molar-refractivity contribution in [1.29, 1.82) is 0 Å². The van der Waals surface area contributed by atoms with Crippen LogP contribution in [0.4, 0.5) is 0 Å². The molecule has 1 saturated heterocycles. The van der Waals surface area contributed by atoms with E-state index in [4.69, 9.17) is 4.43 Å². The Balaban J connectivity index is 2.24. The number of hydrogen-bond acceptors (Lipinski definition) is 5. The number of nitrogens with zero attached hydrogens (tertiary/aromatic N) is 1. The minimum Gasteiger partial charge on any atom is -0.519 e. The van der Waals surface area contributed by atoms with Crippen LogP contribution in [0.15, 0.2) is 23.9 Å². The smallest absolute Gasteiger partial charge is 0.310 e. The molecule has 2 aliphatic rings. The molecule has 5 nitrogen and oxygen atoms in total. The molecule has 9 heteroatoms. The highest BCUT2D eigenvalue weighted by Crippen LogP contribution is 2.42. The molecule has 1 N–H and O–H groups in total. The number of thioether (sulfide) groups is 1. The first-order valence-corrected chi connectivity index (χ1v) is 17.7. The molecule has 0 aromatic carbocycles. The molecule has 2 heterocycles. The minimum atomic E-state index is -1.96. The Morgan fingerprint density at radius 3 is 2.52 bits per heavy atom. The van der Waals surface area contributed by atoms with Gasteiger partial charge in [0.05, 0.1) is 0 Å².